The molecule has 0 saturated heterocycles. The summed E-state index contributed by atoms with van der Waals surface area (Å²) in [6, 6.07) is 7.62. The molecule has 2 nitrogen and oxygen atoms in total. The zero-order valence-electron chi connectivity index (χ0n) is 9.37. The minimum Gasteiger partial charge on any atom is -0.380 e. The Morgan fingerprint density at radius 2 is 2.06 bits per heavy atom. The summed E-state index contributed by atoms with van der Waals surface area (Å²) in [5.74, 6) is 0. The maximum absolute atomic E-state index is 6.08. The number of hydrogen-bond donors (Lipinski definition) is 1. The summed E-state index contributed by atoms with van der Waals surface area (Å²) < 4.78 is 0. The molecule has 0 bridgehead atoms. The predicted molar refractivity (Wildman–Crippen MR) is 72.8 cm³/mol. The van der Waals surface area contributed by atoms with Crippen LogP contribution < -0.4 is 5.32 Å². The Labute approximate surface area is 111 Å². The fraction of sp³-hybridized carbons (Fsp3) is 0.154. The lowest BCUT2D eigenvalue weighted by atomic mass is 10.2. The molecule has 1 aromatic carbocycles. The Kier molecular flexibility index (Phi) is 3.87. The largest absolute Gasteiger partial charge is 0.380 e. The van der Waals surface area contributed by atoms with Crippen molar-refractivity contribution in [1.82, 2.24) is 4.98 Å². The summed E-state index contributed by atoms with van der Waals surface area (Å²) in [7, 11) is 0. The SMILES string of the molecule is Cc1cncc(CNc2cccc(Cl)c2Cl)c1. The summed E-state index contributed by atoms with van der Waals surface area (Å²) in [4.78, 5) is 4.14. The van der Waals surface area contributed by atoms with Gasteiger partial charge in [0, 0.05) is 18.9 Å². The van der Waals surface area contributed by atoms with Gasteiger partial charge in [-0.2, -0.15) is 0 Å². The molecule has 1 N–H and O–H groups in total. The van der Waals surface area contributed by atoms with Crippen LogP contribution in [0, 0.1) is 6.92 Å². The quantitative estimate of drug-likeness (QED) is 0.896. The molecule has 0 aliphatic heterocycles. The second-order valence-electron chi connectivity index (χ2n) is 3.83. The molecule has 0 aliphatic rings. The molecule has 0 saturated carbocycles. The molecule has 0 aliphatic carbocycles. The predicted octanol–water partition coefficient (Wildman–Crippen LogP) is 4.31. The van der Waals surface area contributed by atoms with Gasteiger partial charge in [0.25, 0.3) is 0 Å². The van der Waals surface area contributed by atoms with Crippen LogP contribution in [0.1, 0.15) is 11.1 Å². The zero-order valence-corrected chi connectivity index (χ0v) is 10.9. The van der Waals surface area contributed by atoms with E-state index in [0.29, 0.717) is 16.6 Å². The van der Waals surface area contributed by atoms with Gasteiger partial charge < -0.3 is 5.32 Å². The van der Waals surface area contributed by atoms with Crippen LogP contribution in [0.2, 0.25) is 10.0 Å². The Bertz CT molecular complexity index is 527. The number of aromatic nitrogens is 1. The summed E-state index contributed by atoms with van der Waals surface area (Å²) in [6.07, 6.45) is 3.66. The minimum atomic E-state index is 0.551. The number of anilines is 1. The van der Waals surface area contributed by atoms with Crippen molar-refractivity contribution in [2.45, 2.75) is 13.5 Å². The van der Waals surface area contributed by atoms with Gasteiger partial charge in [-0.1, -0.05) is 35.3 Å². The lowest BCUT2D eigenvalue weighted by molar-refractivity contribution is 1.10. The summed E-state index contributed by atoms with van der Waals surface area (Å²) in [6.45, 7) is 2.69. The van der Waals surface area contributed by atoms with Crippen LogP contribution in [0.5, 0.6) is 0 Å². The van der Waals surface area contributed by atoms with E-state index in [4.69, 9.17) is 23.2 Å². The molecule has 0 atom stereocenters. The normalized spacial score (nSPS) is 10.3. The van der Waals surface area contributed by atoms with Gasteiger partial charge in [0.05, 0.1) is 15.7 Å². The third kappa shape index (κ3) is 3.11. The van der Waals surface area contributed by atoms with Crippen LogP contribution in [0.4, 0.5) is 5.69 Å². The van der Waals surface area contributed by atoms with Crippen LogP contribution >= 0.6 is 23.2 Å². The topological polar surface area (TPSA) is 24.9 Å². The molecule has 1 aromatic heterocycles. The maximum atomic E-state index is 6.08. The average Bonchev–Trinajstić information content (AvgIpc) is 2.31. The number of halogens is 2. The van der Waals surface area contributed by atoms with Crippen LogP contribution in [0.25, 0.3) is 0 Å². The Balaban J connectivity index is 2.10. The van der Waals surface area contributed by atoms with E-state index < -0.39 is 0 Å². The number of rotatable bonds is 3. The van der Waals surface area contributed by atoms with Gasteiger partial charge in [-0.15, -0.1) is 0 Å². The molecule has 0 radical (unpaired) electrons. The number of nitrogens with zero attached hydrogens (tertiary/aromatic N) is 1. The van der Waals surface area contributed by atoms with Crippen molar-refractivity contribution in [2.24, 2.45) is 0 Å². The summed E-state index contributed by atoms with van der Waals surface area (Å²) >= 11 is 12.0. The molecule has 0 unspecified atom stereocenters. The lowest BCUT2D eigenvalue weighted by Gasteiger charge is -2.09. The van der Waals surface area contributed by atoms with Gasteiger partial charge in [0.15, 0.2) is 0 Å². The van der Waals surface area contributed by atoms with Gasteiger partial charge in [0.2, 0.25) is 0 Å². The third-order valence-corrected chi connectivity index (χ3v) is 3.19. The van der Waals surface area contributed by atoms with E-state index in [1.54, 1.807) is 6.07 Å². The number of benzene rings is 1. The fourth-order valence-corrected chi connectivity index (χ4v) is 1.92. The highest BCUT2D eigenvalue weighted by Crippen LogP contribution is 2.29. The molecular weight excluding hydrogens is 255 g/mol. The van der Waals surface area contributed by atoms with E-state index in [0.717, 1.165) is 16.8 Å². The van der Waals surface area contributed by atoms with Crippen molar-refractivity contribution in [3.63, 3.8) is 0 Å². The highest BCUT2D eigenvalue weighted by atomic mass is 35.5. The number of hydrogen-bond acceptors (Lipinski definition) is 2. The first kappa shape index (κ1) is 12.2. The molecule has 4 heteroatoms. The van der Waals surface area contributed by atoms with Crippen molar-refractivity contribution in [3.05, 3.63) is 57.8 Å². The number of pyridine rings is 1. The van der Waals surface area contributed by atoms with Crippen LogP contribution in [-0.4, -0.2) is 4.98 Å². The first-order chi connectivity index (χ1) is 8.16. The van der Waals surface area contributed by atoms with E-state index in [2.05, 4.69) is 16.4 Å². The van der Waals surface area contributed by atoms with E-state index in [9.17, 15) is 0 Å². The first-order valence-electron chi connectivity index (χ1n) is 5.25. The van der Waals surface area contributed by atoms with Crippen LogP contribution in [-0.2, 0) is 6.54 Å². The molecule has 0 spiro atoms. The van der Waals surface area contributed by atoms with E-state index in [1.807, 2.05) is 31.5 Å². The summed E-state index contributed by atoms with van der Waals surface area (Å²) in [5.41, 5.74) is 3.09. The zero-order chi connectivity index (χ0) is 12.3. The molecular formula is C13H12Cl2N2. The number of nitrogens with one attached hydrogen (secondary N) is 1. The first-order valence-corrected chi connectivity index (χ1v) is 6.01. The van der Waals surface area contributed by atoms with E-state index in [1.165, 1.54) is 0 Å². The van der Waals surface area contributed by atoms with Gasteiger partial charge in [-0.05, 0) is 30.2 Å². The number of aryl methyl sites for hydroxylation is 1. The third-order valence-electron chi connectivity index (χ3n) is 2.37. The summed E-state index contributed by atoms with van der Waals surface area (Å²) in [5, 5.41) is 4.35. The Morgan fingerprint density at radius 3 is 2.82 bits per heavy atom. The smallest absolute Gasteiger partial charge is 0.0823 e. The molecule has 2 aromatic rings. The Hall–Kier alpha value is -1.25. The second-order valence-corrected chi connectivity index (χ2v) is 4.61. The molecule has 2 rings (SSSR count). The van der Waals surface area contributed by atoms with Crippen molar-refractivity contribution >= 4 is 28.9 Å². The van der Waals surface area contributed by atoms with Crippen molar-refractivity contribution in [3.8, 4) is 0 Å². The lowest BCUT2D eigenvalue weighted by Crippen LogP contribution is -2.00. The average molecular weight is 267 g/mol. The van der Waals surface area contributed by atoms with Crippen molar-refractivity contribution in [1.29, 1.82) is 0 Å². The van der Waals surface area contributed by atoms with Crippen LogP contribution in [0.15, 0.2) is 36.7 Å². The minimum absolute atomic E-state index is 0.551. The molecule has 0 amide bonds. The standard InChI is InChI=1S/C13H12Cl2N2/c1-9-5-10(7-16-6-9)8-17-12-4-2-3-11(14)13(12)15/h2-7,17H,8H2,1H3. The molecule has 0 fully saturated rings. The molecule has 88 valence electrons. The van der Waals surface area contributed by atoms with Crippen molar-refractivity contribution in [2.75, 3.05) is 5.32 Å². The van der Waals surface area contributed by atoms with Crippen molar-refractivity contribution < 1.29 is 0 Å². The van der Waals surface area contributed by atoms with Gasteiger partial charge in [-0.3, -0.25) is 4.98 Å². The van der Waals surface area contributed by atoms with Gasteiger partial charge >= 0.3 is 0 Å². The monoisotopic (exact) mass is 266 g/mol. The van der Waals surface area contributed by atoms with E-state index >= 15 is 0 Å². The Morgan fingerprint density at radius 1 is 1.24 bits per heavy atom. The highest BCUT2D eigenvalue weighted by Gasteiger charge is 2.03. The second kappa shape index (κ2) is 5.39. The molecule has 17 heavy (non-hydrogen) atoms. The van der Waals surface area contributed by atoms with Gasteiger partial charge in [0.1, 0.15) is 0 Å². The molecule has 1 heterocycles. The van der Waals surface area contributed by atoms with Gasteiger partial charge in [-0.25, -0.2) is 0 Å². The highest BCUT2D eigenvalue weighted by molar-refractivity contribution is 6.43. The fourth-order valence-electron chi connectivity index (χ4n) is 1.55. The maximum Gasteiger partial charge on any atom is 0.0823 e. The van der Waals surface area contributed by atoms with E-state index in [-0.39, 0.29) is 0 Å². The van der Waals surface area contributed by atoms with Crippen LogP contribution in [0.3, 0.4) is 0 Å².